The number of esters is 1. The highest BCUT2D eigenvalue weighted by Crippen LogP contribution is 2.34. The molecule has 0 spiro atoms. The van der Waals surface area contributed by atoms with Crippen molar-refractivity contribution in [3.05, 3.63) is 48.0 Å². The molecule has 8 heteroatoms. The third kappa shape index (κ3) is 4.43. The van der Waals surface area contributed by atoms with Gasteiger partial charge in [-0.2, -0.15) is 0 Å². The Labute approximate surface area is 167 Å². The Hall–Kier alpha value is -3.68. The molecule has 2 aliphatic heterocycles. The van der Waals surface area contributed by atoms with Gasteiger partial charge in [-0.15, -0.1) is 0 Å². The van der Waals surface area contributed by atoms with Crippen LogP contribution in [-0.4, -0.2) is 38.0 Å². The quantitative estimate of drug-likeness (QED) is 0.613. The van der Waals surface area contributed by atoms with Crippen LogP contribution in [0.2, 0.25) is 0 Å². The van der Waals surface area contributed by atoms with Crippen molar-refractivity contribution in [1.29, 1.82) is 0 Å². The maximum Gasteiger partial charge on any atom is 0.331 e. The highest BCUT2D eigenvalue weighted by atomic mass is 16.7. The van der Waals surface area contributed by atoms with Gasteiger partial charge < -0.3 is 29.0 Å². The molecule has 1 atom stereocenters. The van der Waals surface area contributed by atoms with Crippen LogP contribution in [0.25, 0.3) is 6.08 Å². The number of ether oxygens (including phenoxy) is 5. The van der Waals surface area contributed by atoms with E-state index in [0.29, 0.717) is 41.9 Å². The highest BCUT2D eigenvalue weighted by molar-refractivity contribution is 5.96. The van der Waals surface area contributed by atoms with Gasteiger partial charge >= 0.3 is 5.97 Å². The Morgan fingerprint density at radius 2 is 1.66 bits per heavy atom. The Morgan fingerprint density at radius 1 is 0.966 bits per heavy atom. The van der Waals surface area contributed by atoms with E-state index >= 15 is 0 Å². The first-order chi connectivity index (χ1) is 14.1. The summed E-state index contributed by atoms with van der Waals surface area (Å²) in [6, 6.07) is 10.4. The summed E-state index contributed by atoms with van der Waals surface area (Å²) in [5.74, 6) is 1.38. The second-order valence-corrected chi connectivity index (χ2v) is 6.37. The number of carbonyl (C=O) groups is 2. The number of hydrogen-bond acceptors (Lipinski definition) is 7. The molecule has 0 unspecified atom stereocenters. The van der Waals surface area contributed by atoms with Crippen LogP contribution in [0.5, 0.6) is 23.0 Å². The van der Waals surface area contributed by atoms with Crippen molar-refractivity contribution in [3.8, 4) is 23.0 Å². The number of benzene rings is 2. The number of amides is 1. The zero-order valence-corrected chi connectivity index (χ0v) is 15.7. The van der Waals surface area contributed by atoms with Gasteiger partial charge in [-0.05, 0) is 42.8 Å². The van der Waals surface area contributed by atoms with E-state index in [-0.39, 0.29) is 6.79 Å². The van der Waals surface area contributed by atoms with Gasteiger partial charge in [0.15, 0.2) is 29.1 Å². The fraction of sp³-hybridized carbons (Fsp3) is 0.238. The van der Waals surface area contributed by atoms with Crippen molar-refractivity contribution in [3.63, 3.8) is 0 Å². The molecule has 0 fully saturated rings. The topological polar surface area (TPSA) is 92.3 Å². The van der Waals surface area contributed by atoms with Crippen molar-refractivity contribution >= 4 is 23.6 Å². The molecule has 29 heavy (non-hydrogen) atoms. The molecule has 8 nitrogen and oxygen atoms in total. The molecule has 2 heterocycles. The summed E-state index contributed by atoms with van der Waals surface area (Å²) in [7, 11) is 0. The Balaban J connectivity index is 1.31. The van der Waals surface area contributed by atoms with E-state index in [9.17, 15) is 9.59 Å². The molecule has 150 valence electrons. The van der Waals surface area contributed by atoms with E-state index in [1.165, 1.54) is 13.0 Å². The SMILES string of the molecule is C[C@H](OC(=O)/C=C/c1ccc2c(c1)OCCO2)C(=O)Nc1ccc2c(c1)OCO2. The number of fused-ring (bicyclic) bond motifs is 2. The average Bonchev–Trinajstić information content (AvgIpc) is 3.20. The summed E-state index contributed by atoms with van der Waals surface area (Å²) < 4.78 is 26.6. The monoisotopic (exact) mass is 397 g/mol. The van der Waals surface area contributed by atoms with Crippen molar-refractivity contribution < 1.29 is 33.3 Å². The van der Waals surface area contributed by atoms with Crippen molar-refractivity contribution in [1.82, 2.24) is 0 Å². The number of nitrogens with one attached hydrogen (secondary N) is 1. The number of rotatable bonds is 5. The van der Waals surface area contributed by atoms with E-state index < -0.39 is 18.0 Å². The number of anilines is 1. The first-order valence-electron chi connectivity index (χ1n) is 9.07. The van der Waals surface area contributed by atoms with Gasteiger partial charge in [0, 0.05) is 17.8 Å². The van der Waals surface area contributed by atoms with Gasteiger partial charge in [-0.25, -0.2) is 4.79 Å². The molecule has 0 aromatic heterocycles. The van der Waals surface area contributed by atoms with Gasteiger partial charge in [-0.1, -0.05) is 6.07 Å². The average molecular weight is 397 g/mol. The van der Waals surface area contributed by atoms with Crippen LogP contribution in [0.1, 0.15) is 12.5 Å². The first-order valence-corrected chi connectivity index (χ1v) is 9.07. The zero-order chi connectivity index (χ0) is 20.2. The fourth-order valence-corrected chi connectivity index (χ4v) is 2.81. The van der Waals surface area contributed by atoms with Crippen LogP contribution < -0.4 is 24.3 Å². The van der Waals surface area contributed by atoms with Crippen LogP contribution in [-0.2, 0) is 14.3 Å². The molecule has 1 amide bonds. The van der Waals surface area contributed by atoms with Gasteiger partial charge in [0.1, 0.15) is 13.2 Å². The minimum Gasteiger partial charge on any atom is -0.486 e. The molecular weight excluding hydrogens is 378 g/mol. The van der Waals surface area contributed by atoms with Gasteiger partial charge in [-0.3, -0.25) is 4.79 Å². The van der Waals surface area contributed by atoms with Gasteiger partial charge in [0.05, 0.1) is 0 Å². The van der Waals surface area contributed by atoms with Crippen LogP contribution in [0.4, 0.5) is 5.69 Å². The van der Waals surface area contributed by atoms with E-state index in [2.05, 4.69) is 5.32 Å². The number of hydrogen-bond donors (Lipinski definition) is 1. The third-order valence-corrected chi connectivity index (χ3v) is 4.28. The summed E-state index contributed by atoms with van der Waals surface area (Å²) in [5.41, 5.74) is 1.28. The van der Waals surface area contributed by atoms with Crippen LogP contribution in [0.15, 0.2) is 42.5 Å². The maximum atomic E-state index is 12.3. The van der Waals surface area contributed by atoms with E-state index in [0.717, 1.165) is 5.56 Å². The minimum atomic E-state index is -0.974. The molecule has 2 aromatic carbocycles. The zero-order valence-electron chi connectivity index (χ0n) is 15.7. The molecule has 4 rings (SSSR count). The Morgan fingerprint density at radius 3 is 2.52 bits per heavy atom. The van der Waals surface area contributed by atoms with E-state index in [1.54, 1.807) is 42.5 Å². The lowest BCUT2D eigenvalue weighted by Gasteiger charge is -2.18. The summed E-state index contributed by atoms with van der Waals surface area (Å²) in [4.78, 5) is 24.3. The lowest BCUT2D eigenvalue weighted by Crippen LogP contribution is -2.29. The summed E-state index contributed by atoms with van der Waals surface area (Å²) >= 11 is 0. The Kier molecular flexibility index (Phi) is 5.24. The second-order valence-electron chi connectivity index (χ2n) is 6.37. The molecule has 2 aliphatic rings. The third-order valence-electron chi connectivity index (χ3n) is 4.28. The van der Waals surface area contributed by atoms with Gasteiger partial charge in [0.25, 0.3) is 5.91 Å². The van der Waals surface area contributed by atoms with Crippen molar-refractivity contribution in [2.24, 2.45) is 0 Å². The normalized spacial score (nSPS) is 15.1. The number of carbonyl (C=O) groups excluding carboxylic acids is 2. The second kappa shape index (κ2) is 8.14. The van der Waals surface area contributed by atoms with E-state index in [4.69, 9.17) is 23.7 Å². The molecular formula is C21H19NO7. The highest BCUT2D eigenvalue weighted by Gasteiger charge is 2.19. The molecule has 1 N–H and O–H groups in total. The molecule has 0 bridgehead atoms. The van der Waals surface area contributed by atoms with E-state index in [1.807, 2.05) is 0 Å². The largest absolute Gasteiger partial charge is 0.486 e. The van der Waals surface area contributed by atoms with Crippen molar-refractivity contribution in [2.75, 3.05) is 25.3 Å². The standard InChI is InChI=1S/C21H19NO7/c1-13(21(24)22-15-4-6-17-19(11-15)28-12-27-17)29-20(23)7-3-14-2-5-16-18(10-14)26-9-8-25-16/h2-7,10-11,13H,8-9,12H2,1H3,(H,22,24)/b7-3+/t13-/m0/s1. The summed E-state index contributed by atoms with van der Waals surface area (Å²) in [5, 5.41) is 2.68. The molecule has 2 aromatic rings. The summed E-state index contributed by atoms with van der Waals surface area (Å²) in [6.07, 6.45) is 1.87. The minimum absolute atomic E-state index is 0.149. The lowest BCUT2D eigenvalue weighted by molar-refractivity contribution is -0.148. The molecule has 0 saturated heterocycles. The fourth-order valence-electron chi connectivity index (χ4n) is 2.81. The van der Waals surface area contributed by atoms with Gasteiger partial charge in [0.2, 0.25) is 6.79 Å². The smallest absolute Gasteiger partial charge is 0.331 e. The predicted octanol–water partition coefficient (Wildman–Crippen LogP) is 2.77. The predicted molar refractivity (Wildman–Crippen MR) is 103 cm³/mol. The summed E-state index contributed by atoms with van der Waals surface area (Å²) in [6.45, 7) is 2.65. The molecule has 0 radical (unpaired) electrons. The Bertz CT molecular complexity index is 969. The van der Waals surface area contributed by atoms with Crippen LogP contribution in [0, 0.1) is 0 Å². The lowest BCUT2D eigenvalue weighted by atomic mass is 10.2. The molecule has 0 saturated carbocycles. The molecule has 0 aliphatic carbocycles. The van der Waals surface area contributed by atoms with Crippen LogP contribution in [0.3, 0.4) is 0 Å². The van der Waals surface area contributed by atoms with Crippen molar-refractivity contribution in [2.45, 2.75) is 13.0 Å². The first kappa shape index (κ1) is 18.7. The maximum absolute atomic E-state index is 12.3. The van der Waals surface area contributed by atoms with Crippen LogP contribution >= 0.6 is 0 Å².